The van der Waals surface area contributed by atoms with Gasteiger partial charge in [-0.15, -0.1) is 0 Å². The third-order valence-corrected chi connectivity index (χ3v) is 7.14. The first kappa shape index (κ1) is 22.4. The molecule has 1 spiro atoms. The van der Waals surface area contributed by atoms with E-state index in [1.165, 1.54) is 12.7 Å². The third-order valence-electron chi connectivity index (χ3n) is 7.14. The number of nitrogens with one attached hydrogen (secondary N) is 1. The number of alkyl carbamates (subject to hydrolysis) is 1. The topological polar surface area (TPSA) is 102 Å². The number of hydrogen-bond donors (Lipinski definition) is 1. The normalized spacial score (nSPS) is 38.8. The highest BCUT2D eigenvalue weighted by Crippen LogP contribution is 2.59. The number of amides is 2. The third kappa shape index (κ3) is 4.27. The minimum atomic E-state index is -0.498. The van der Waals surface area contributed by atoms with Gasteiger partial charge in [0.25, 0.3) is 0 Å². The smallest absolute Gasteiger partial charge is 0.410 e. The van der Waals surface area contributed by atoms with E-state index in [0.29, 0.717) is 26.1 Å². The monoisotopic (exact) mass is 438 g/mol. The largest absolute Gasteiger partial charge is 0.453 e. The summed E-state index contributed by atoms with van der Waals surface area (Å²) in [6, 6.07) is -0.116. The molecule has 4 rings (SSSR count). The molecule has 31 heavy (non-hydrogen) atoms. The van der Waals surface area contributed by atoms with E-state index in [0.717, 1.165) is 12.8 Å². The fraction of sp³-hybridized carbons (Fsp3) is 0.818. The molecule has 0 radical (unpaired) electrons. The van der Waals surface area contributed by atoms with Gasteiger partial charge in [-0.2, -0.15) is 0 Å². The molecule has 0 aromatic rings. The Kier molecular flexibility index (Phi) is 5.95. The Labute approximate surface area is 183 Å². The summed E-state index contributed by atoms with van der Waals surface area (Å²) in [4.78, 5) is 25.5. The molecule has 4 aliphatic rings. The summed E-state index contributed by atoms with van der Waals surface area (Å²) in [5.41, 5.74) is 0.661. The quantitative estimate of drug-likeness (QED) is 0.501. The first-order valence-electron chi connectivity index (χ1n) is 11.0. The van der Waals surface area contributed by atoms with Crippen molar-refractivity contribution >= 4 is 12.2 Å². The van der Waals surface area contributed by atoms with Crippen LogP contribution in [0.2, 0.25) is 0 Å². The average Bonchev–Trinajstić information content (AvgIpc) is 3.61. The molecule has 1 aliphatic carbocycles. The second-order valence-corrected chi connectivity index (χ2v) is 9.54. The number of allylic oxidation sites excluding steroid dienone is 1. The zero-order chi connectivity index (χ0) is 22.4. The van der Waals surface area contributed by atoms with Gasteiger partial charge in [-0.25, -0.2) is 9.59 Å². The van der Waals surface area contributed by atoms with Crippen molar-refractivity contribution in [3.63, 3.8) is 0 Å². The van der Waals surface area contributed by atoms with Crippen LogP contribution in [-0.4, -0.2) is 86.6 Å². The number of likely N-dealkylation sites (tertiary alicyclic amines) is 1. The SMILES string of the molecule is COC(=O)NC1CN(C(=O)O[C@@H]2CC[C@]3(CO3)[C@@H]([C@@]3(C)O[C@@H]3CC=C(C)C)[C@@H]2OC)C1. The van der Waals surface area contributed by atoms with E-state index in [2.05, 4.69) is 36.9 Å². The van der Waals surface area contributed by atoms with Crippen molar-refractivity contribution in [2.75, 3.05) is 33.9 Å². The van der Waals surface area contributed by atoms with Gasteiger partial charge in [0.15, 0.2) is 0 Å². The molecule has 0 aromatic heterocycles. The number of rotatable bonds is 6. The number of carbonyl (C=O) groups is 2. The molecule has 1 saturated carbocycles. The van der Waals surface area contributed by atoms with E-state index in [9.17, 15) is 9.59 Å². The first-order valence-corrected chi connectivity index (χ1v) is 11.0. The zero-order valence-electron chi connectivity index (χ0n) is 19.0. The van der Waals surface area contributed by atoms with E-state index in [1.54, 1.807) is 12.0 Å². The molecule has 3 aliphatic heterocycles. The predicted octanol–water partition coefficient (Wildman–Crippen LogP) is 2.24. The summed E-state index contributed by atoms with van der Waals surface area (Å²) >= 11 is 0. The Morgan fingerprint density at radius 3 is 2.55 bits per heavy atom. The molecule has 0 unspecified atom stereocenters. The van der Waals surface area contributed by atoms with Crippen LogP contribution in [0.15, 0.2) is 11.6 Å². The Balaban J connectivity index is 1.38. The first-order chi connectivity index (χ1) is 14.7. The number of methoxy groups -OCH3 is 2. The van der Waals surface area contributed by atoms with Crippen molar-refractivity contribution < 1.29 is 33.3 Å². The van der Waals surface area contributed by atoms with Crippen molar-refractivity contribution in [2.24, 2.45) is 5.92 Å². The fourth-order valence-corrected chi connectivity index (χ4v) is 5.22. The number of nitrogens with zero attached hydrogens (tertiary/aromatic N) is 1. The summed E-state index contributed by atoms with van der Waals surface area (Å²) in [6.07, 6.45) is 3.12. The van der Waals surface area contributed by atoms with Gasteiger partial charge in [0.05, 0.1) is 31.8 Å². The molecule has 9 heteroatoms. The lowest BCUT2D eigenvalue weighted by atomic mass is 9.68. The minimum absolute atomic E-state index is 0.00255. The predicted molar refractivity (Wildman–Crippen MR) is 111 cm³/mol. The van der Waals surface area contributed by atoms with E-state index >= 15 is 0 Å². The van der Waals surface area contributed by atoms with Crippen LogP contribution in [0.1, 0.15) is 40.0 Å². The Morgan fingerprint density at radius 1 is 1.26 bits per heavy atom. The molecule has 3 heterocycles. The van der Waals surface area contributed by atoms with Crippen LogP contribution in [0, 0.1) is 5.92 Å². The fourth-order valence-electron chi connectivity index (χ4n) is 5.22. The van der Waals surface area contributed by atoms with Crippen LogP contribution in [0.25, 0.3) is 0 Å². The second kappa shape index (κ2) is 8.26. The lowest BCUT2D eigenvalue weighted by Crippen LogP contribution is -2.62. The molecule has 6 atom stereocenters. The van der Waals surface area contributed by atoms with Gasteiger partial charge in [0.1, 0.15) is 23.4 Å². The van der Waals surface area contributed by atoms with E-state index in [-0.39, 0.29) is 47.6 Å². The molecule has 0 bridgehead atoms. The summed E-state index contributed by atoms with van der Waals surface area (Å²) in [6.45, 7) is 7.79. The van der Waals surface area contributed by atoms with Crippen LogP contribution in [-0.2, 0) is 23.7 Å². The van der Waals surface area contributed by atoms with Gasteiger partial charge >= 0.3 is 12.2 Å². The van der Waals surface area contributed by atoms with Crippen molar-refractivity contribution in [1.82, 2.24) is 10.2 Å². The Bertz CT molecular complexity index is 742. The molecule has 3 saturated heterocycles. The van der Waals surface area contributed by atoms with Crippen LogP contribution >= 0.6 is 0 Å². The van der Waals surface area contributed by atoms with Gasteiger partial charge in [-0.3, -0.25) is 0 Å². The number of hydrogen-bond acceptors (Lipinski definition) is 7. The van der Waals surface area contributed by atoms with Gasteiger partial charge < -0.3 is 33.9 Å². The summed E-state index contributed by atoms with van der Waals surface area (Å²) in [5, 5.41) is 2.68. The van der Waals surface area contributed by atoms with Crippen LogP contribution < -0.4 is 5.32 Å². The highest BCUT2D eigenvalue weighted by atomic mass is 16.6. The molecule has 0 aromatic carbocycles. The highest BCUT2D eigenvalue weighted by molar-refractivity contribution is 5.71. The van der Waals surface area contributed by atoms with Crippen LogP contribution in [0.5, 0.6) is 0 Å². The molecular formula is C22H34N2O7. The number of epoxide rings is 2. The minimum Gasteiger partial charge on any atom is -0.453 e. The molecule has 2 amide bonds. The van der Waals surface area contributed by atoms with Crippen molar-refractivity contribution in [1.29, 1.82) is 0 Å². The van der Waals surface area contributed by atoms with Gasteiger partial charge in [0.2, 0.25) is 0 Å². The summed E-state index contributed by atoms with van der Waals surface area (Å²) < 4.78 is 28.5. The second-order valence-electron chi connectivity index (χ2n) is 9.54. The lowest BCUT2D eigenvalue weighted by Gasteiger charge is -2.44. The van der Waals surface area contributed by atoms with Gasteiger partial charge in [-0.1, -0.05) is 11.6 Å². The van der Waals surface area contributed by atoms with Crippen molar-refractivity contribution in [2.45, 2.75) is 75.6 Å². The Morgan fingerprint density at radius 2 is 1.97 bits per heavy atom. The van der Waals surface area contributed by atoms with Crippen LogP contribution in [0.3, 0.4) is 0 Å². The zero-order valence-corrected chi connectivity index (χ0v) is 19.0. The Hall–Kier alpha value is -1.84. The lowest BCUT2D eigenvalue weighted by molar-refractivity contribution is -0.123. The van der Waals surface area contributed by atoms with E-state index < -0.39 is 6.09 Å². The van der Waals surface area contributed by atoms with E-state index in [1.807, 2.05) is 0 Å². The van der Waals surface area contributed by atoms with Gasteiger partial charge in [0, 0.05) is 20.2 Å². The molecular weight excluding hydrogens is 404 g/mol. The maximum Gasteiger partial charge on any atom is 0.410 e. The maximum absolute atomic E-state index is 12.7. The average molecular weight is 439 g/mol. The van der Waals surface area contributed by atoms with Crippen LogP contribution in [0.4, 0.5) is 9.59 Å². The van der Waals surface area contributed by atoms with Crippen molar-refractivity contribution in [3.05, 3.63) is 11.6 Å². The molecule has 1 N–H and O–H groups in total. The summed E-state index contributed by atoms with van der Waals surface area (Å²) in [7, 11) is 2.98. The molecule has 9 nitrogen and oxygen atoms in total. The number of carbonyl (C=O) groups excluding carboxylic acids is 2. The van der Waals surface area contributed by atoms with Gasteiger partial charge in [-0.05, 0) is 40.0 Å². The standard InChI is InChI=1S/C22H34N2O7/c1-13(2)6-7-16-21(3,31-16)18-17(27-4)15(8-9-22(18)12-29-22)30-20(26)24-10-14(11-24)23-19(25)28-5/h6,14-18H,7-12H2,1-5H3,(H,23,25)/t15-,16-,17-,18-,21+,22+/m1/s1. The molecule has 4 fully saturated rings. The summed E-state index contributed by atoms with van der Waals surface area (Å²) in [5.74, 6) is -0.00255. The van der Waals surface area contributed by atoms with E-state index in [4.69, 9.17) is 18.9 Å². The van der Waals surface area contributed by atoms with Crippen molar-refractivity contribution in [3.8, 4) is 0 Å². The highest BCUT2D eigenvalue weighted by Gasteiger charge is 2.72. The number of ether oxygens (including phenoxy) is 5. The maximum atomic E-state index is 12.7. The molecule has 174 valence electrons.